The van der Waals surface area contributed by atoms with Crippen molar-refractivity contribution in [3.8, 4) is 11.8 Å². The number of carbonyl (C=O) groups excluding carboxylic acids is 1. The predicted octanol–water partition coefficient (Wildman–Crippen LogP) is 4.03. The summed E-state index contributed by atoms with van der Waals surface area (Å²) in [6.07, 6.45) is 7.51. The Balaban J connectivity index is 1.75. The molecule has 1 aromatic carbocycles. The molecule has 0 radical (unpaired) electrons. The fourth-order valence-corrected chi connectivity index (χ4v) is 5.21. The van der Waals surface area contributed by atoms with Crippen LogP contribution >= 0.6 is 0 Å². The van der Waals surface area contributed by atoms with Crippen LogP contribution in [0.3, 0.4) is 0 Å². The van der Waals surface area contributed by atoms with Gasteiger partial charge < -0.3 is 10.0 Å². The largest absolute Gasteiger partial charge is 0.395 e. The van der Waals surface area contributed by atoms with E-state index in [4.69, 9.17) is 0 Å². The van der Waals surface area contributed by atoms with Gasteiger partial charge in [-0.15, -0.1) is 0 Å². The van der Waals surface area contributed by atoms with Crippen LogP contribution in [0.25, 0.3) is 0 Å². The summed E-state index contributed by atoms with van der Waals surface area (Å²) in [6, 6.07) is 8.99. The van der Waals surface area contributed by atoms with Gasteiger partial charge in [0.2, 0.25) is 5.91 Å². The lowest BCUT2D eigenvalue weighted by Crippen LogP contribution is -2.67. The number of likely N-dealkylation sites (tertiary alicyclic amines) is 1. The Hall–Kier alpha value is -1.83. The normalized spacial score (nSPS) is 24.6. The fourth-order valence-electron chi connectivity index (χ4n) is 5.21. The molecular weight excluding hydrogens is 372 g/mol. The molecule has 2 fully saturated rings. The van der Waals surface area contributed by atoms with Crippen molar-refractivity contribution in [1.82, 2.24) is 9.80 Å². The fraction of sp³-hybridized carbons (Fsp3) is 0.654. The van der Waals surface area contributed by atoms with Crippen LogP contribution in [-0.2, 0) is 4.79 Å². The maximum absolute atomic E-state index is 12.0. The van der Waals surface area contributed by atoms with E-state index >= 15 is 0 Å². The summed E-state index contributed by atoms with van der Waals surface area (Å²) < 4.78 is 0. The van der Waals surface area contributed by atoms with Crippen molar-refractivity contribution in [2.75, 3.05) is 26.2 Å². The zero-order chi connectivity index (χ0) is 21.5. The minimum absolute atomic E-state index is 0.119. The highest BCUT2D eigenvalue weighted by atomic mass is 16.3. The van der Waals surface area contributed by atoms with Gasteiger partial charge in [-0.2, -0.15) is 0 Å². The Kier molecular flexibility index (Phi) is 8.36. The lowest BCUT2D eigenvalue weighted by Gasteiger charge is -2.56. The molecule has 30 heavy (non-hydrogen) atoms. The van der Waals surface area contributed by atoms with Crippen LogP contribution in [0.5, 0.6) is 0 Å². The van der Waals surface area contributed by atoms with Gasteiger partial charge >= 0.3 is 0 Å². The minimum Gasteiger partial charge on any atom is -0.395 e. The molecule has 1 saturated carbocycles. The predicted molar refractivity (Wildman–Crippen MR) is 122 cm³/mol. The molecule has 164 valence electrons. The van der Waals surface area contributed by atoms with E-state index in [2.05, 4.69) is 47.9 Å². The number of aliphatic hydroxyl groups excluding tert-OH is 1. The van der Waals surface area contributed by atoms with Gasteiger partial charge in [0.25, 0.3) is 0 Å². The Morgan fingerprint density at radius 3 is 2.40 bits per heavy atom. The highest BCUT2D eigenvalue weighted by Gasteiger charge is 2.48. The molecule has 0 bridgehead atoms. The first-order chi connectivity index (χ1) is 14.6. The van der Waals surface area contributed by atoms with Gasteiger partial charge in [-0.05, 0) is 50.4 Å². The van der Waals surface area contributed by atoms with Gasteiger partial charge in [-0.1, -0.05) is 50.2 Å². The van der Waals surface area contributed by atoms with E-state index in [0.29, 0.717) is 5.92 Å². The van der Waals surface area contributed by atoms with Crippen molar-refractivity contribution in [3.05, 3.63) is 35.4 Å². The zero-order valence-electron chi connectivity index (χ0n) is 18.9. The molecule has 3 rings (SSSR count). The van der Waals surface area contributed by atoms with Gasteiger partial charge in [-0.25, -0.2) is 0 Å². The van der Waals surface area contributed by atoms with Gasteiger partial charge in [0.15, 0.2) is 0 Å². The average molecular weight is 411 g/mol. The van der Waals surface area contributed by atoms with E-state index in [-0.39, 0.29) is 30.5 Å². The molecule has 4 heteroatoms. The van der Waals surface area contributed by atoms with Crippen molar-refractivity contribution in [2.24, 2.45) is 5.92 Å². The summed E-state index contributed by atoms with van der Waals surface area (Å²) in [7, 11) is 0. The van der Waals surface area contributed by atoms with Crippen LogP contribution in [-0.4, -0.2) is 59.1 Å². The van der Waals surface area contributed by atoms with Crippen molar-refractivity contribution in [1.29, 1.82) is 0 Å². The number of nitrogens with zero attached hydrogens (tertiary/aromatic N) is 2. The van der Waals surface area contributed by atoms with E-state index in [1.54, 1.807) is 6.92 Å². The van der Waals surface area contributed by atoms with Crippen molar-refractivity contribution in [2.45, 2.75) is 77.3 Å². The molecule has 0 unspecified atom stereocenters. The third-order valence-electron chi connectivity index (χ3n) is 6.91. The Labute approximate surface area is 182 Å². The first-order valence-corrected chi connectivity index (χ1v) is 11.8. The van der Waals surface area contributed by atoms with Gasteiger partial charge in [0, 0.05) is 49.5 Å². The topological polar surface area (TPSA) is 43.8 Å². The first-order valence-electron chi connectivity index (χ1n) is 11.8. The van der Waals surface area contributed by atoms with Gasteiger partial charge in [-0.3, -0.25) is 9.69 Å². The molecule has 1 saturated heterocycles. The molecule has 1 aliphatic heterocycles. The highest BCUT2D eigenvalue weighted by Crippen LogP contribution is 2.41. The molecule has 1 N–H and O–H groups in total. The summed E-state index contributed by atoms with van der Waals surface area (Å²) in [6.45, 7) is 8.38. The van der Waals surface area contributed by atoms with Crippen LogP contribution in [0.1, 0.15) is 76.3 Å². The van der Waals surface area contributed by atoms with Crippen LogP contribution in [0.15, 0.2) is 24.3 Å². The number of rotatable bonds is 7. The second-order valence-electron chi connectivity index (χ2n) is 8.86. The molecule has 2 aliphatic rings. The Morgan fingerprint density at radius 2 is 1.83 bits per heavy atom. The number of carbonyl (C=O) groups is 1. The number of aliphatic hydroxyl groups is 1. The summed E-state index contributed by atoms with van der Waals surface area (Å²) in [5, 5.41) is 10.1. The van der Waals surface area contributed by atoms with E-state index in [0.717, 1.165) is 31.6 Å². The standard InChI is InChI=1S/C26H38N2O2/c1-4-17-28-24(18-27(5-2)20(3)30)26(25(28)19-29)23-15-13-22(14-16-23)12-11-21-9-7-6-8-10-21/h13-16,21,24-26,29H,4-10,17-19H2,1-3H3/t24-,25+,26+/m0/s1. The third-order valence-corrected chi connectivity index (χ3v) is 6.91. The number of likely N-dealkylation sites (N-methyl/N-ethyl adjacent to an activating group) is 1. The quantitative estimate of drug-likeness (QED) is 0.691. The lowest BCUT2D eigenvalue weighted by atomic mass is 9.74. The molecule has 1 heterocycles. The number of hydrogen-bond acceptors (Lipinski definition) is 3. The molecule has 1 aliphatic carbocycles. The van der Waals surface area contributed by atoms with E-state index in [1.807, 2.05) is 11.8 Å². The average Bonchev–Trinajstić information content (AvgIpc) is 2.76. The third kappa shape index (κ3) is 5.25. The van der Waals surface area contributed by atoms with Gasteiger partial charge in [0.1, 0.15) is 0 Å². The number of benzene rings is 1. The Morgan fingerprint density at radius 1 is 1.13 bits per heavy atom. The molecular formula is C26H38N2O2. The summed E-state index contributed by atoms with van der Waals surface area (Å²) in [5.41, 5.74) is 2.32. The number of hydrogen-bond donors (Lipinski definition) is 1. The Bertz CT molecular complexity index is 743. The second kappa shape index (κ2) is 11.0. The lowest BCUT2D eigenvalue weighted by molar-refractivity contribution is -0.132. The van der Waals surface area contributed by atoms with Crippen LogP contribution in [0, 0.1) is 17.8 Å². The highest BCUT2D eigenvalue weighted by molar-refractivity contribution is 5.73. The van der Waals surface area contributed by atoms with Crippen LogP contribution in [0.2, 0.25) is 0 Å². The maximum atomic E-state index is 12.0. The molecule has 0 spiro atoms. The minimum atomic E-state index is 0.119. The maximum Gasteiger partial charge on any atom is 0.219 e. The zero-order valence-corrected chi connectivity index (χ0v) is 18.9. The van der Waals surface area contributed by atoms with Crippen molar-refractivity contribution in [3.63, 3.8) is 0 Å². The van der Waals surface area contributed by atoms with Crippen molar-refractivity contribution < 1.29 is 9.90 Å². The SMILES string of the molecule is CCCN1[C@H](CO)[C@H](c2ccc(C#CC3CCCCC3)cc2)[C@@H]1CN(CC)C(C)=O. The second-order valence-corrected chi connectivity index (χ2v) is 8.86. The number of amides is 1. The van der Waals surface area contributed by atoms with Crippen LogP contribution in [0.4, 0.5) is 0 Å². The van der Waals surface area contributed by atoms with E-state index in [9.17, 15) is 9.90 Å². The van der Waals surface area contributed by atoms with Gasteiger partial charge in [0.05, 0.1) is 6.61 Å². The van der Waals surface area contributed by atoms with Crippen molar-refractivity contribution >= 4 is 5.91 Å². The summed E-state index contributed by atoms with van der Waals surface area (Å²) >= 11 is 0. The molecule has 4 nitrogen and oxygen atoms in total. The summed E-state index contributed by atoms with van der Waals surface area (Å²) in [4.78, 5) is 16.3. The molecule has 3 atom stereocenters. The first kappa shape index (κ1) is 22.8. The summed E-state index contributed by atoms with van der Waals surface area (Å²) in [5.74, 6) is 7.77. The van der Waals surface area contributed by atoms with E-state index < -0.39 is 0 Å². The van der Waals surface area contributed by atoms with Crippen LogP contribution < -0.4 is 0 Å². The molecule has 1 aromatic rings. The molecule has 0 aromatic heterocycles. The molecule has 1 amide bonds. The monoisotopic (exact) mass is 410 g/mol. The van der Waals surface area contributed by atoms with E-state index in [1.165, 1.54) is 37.7 Å². The smallest absolute Gasteiger partial charge is 0.219 e.